The number of imide groups is 1. The van der Waals surface area contributed by atoms with Gasteiger partial charge in [0.15, 0.2) is 23.0 Å². The fraction of sp³-hybridized carbons (Fsp3) is 0.364. The Morgan fingerprint density at radius 3 is 2.51 bits per heavy atom. The average Bonchev–Trinajstić information content (AvgIpc) is 3.72. The number of fused-ring (bicyclic) bond motifs is 2. The molecule has 0 unspecified atom stereocenters. The summed E-state index contributed by atoms with van der Waals surface area (Å²) in [5.74, 6) is -3.93. The second-order valence-corrected chi connectivity index (χ2v) is 16.0. The first-order valence-corrected chi connectivity index (χ1v) is 20.5. The molecular formula is C44H45ClF3N7O6. The van der Waals surface area contributed by atoms with Crippen molar-refractivity contribution >= 4 is 46.2 Å². The Morgan fingerprint density at radius 1 is 1.05 bits per heavy atom. The van der Waals surface area contributed by atoms with Crippen LogP contribution in [0.15, 0.2) is 60.7 Å². The number of aryl methyl sites for hydroxylation is 1. The lowest BCUT2D eigenvalue weighted by molar-refractivity contribution is -0.120. The maximum absolute atomic E-state index is 16.4. The third-order valence-electron chi connectivity index (χ3n) is 12.2. The van der Waals surface area contributed by atoms with Crippen LogP contribution >= 0.6 is 11.6 Å². The summed E-state index contributed by atoms with van der Waals surface area (Å²) >= 11 is 6.67. The molecule has 61 heavy (non-hydrogen) atoms. The van der Waals surface area contributed by atoms with E-state index in [2.05, 4.69) is 20.6 Å². The maximum atomic E-state index is 16.4. The van der Waals surface area contributed by atoms with E-state index in [1.54, 1.807) is 17.8 Å². The van der Waals surface area contributed by atoms with Crippen LogP contribution in [-0.4, -0.2) is 90.1 Å². The summed E-state index contributed by atoms with van der Waals surface area (Å²) in [6.45, 7) is 4.28. The van der Waals surface area contributed by atoms with Crippen LogP contribution in [0.4, 0.5) is 23.8 Å². The van der Waals surface area contributed by atoms with Gasteiger partial charge in [-0.2, -0.15) is 5.10 Å². The molecule has 0 spiro atoms. The Morgan fingerprint density at radius 2 is 1.80 bits per heavy atom. The number of aliphatic hydroxyl groups excluding tert-OH is 1. The SMILES string of the molecule is C[C@H]1c2c(cc(F)c(Cl)c2-c2c(C(N)=O)ccc(OCCO)c2F)O[C@]1(CNCCN1CCC(c2c(F)ccc3c(N4CCC(=O)NC4=O)nn(C)c23)CC1)c1ccccc1. The van der Waals surface area contributed by atoms with Crippen molar-refractivity contribution in [3.05, 3.63) is 105 Å². The Labute approximate surface area is 354 Å². The number of nitrogens with zero attached hydrogens (tertiary/aromatic N) is 4. The molecule has 0 bridgehead atoms. The number of aromatic nitrogens is 2. The van der Waals surface area contributed by atoms with Gasteiger partial charge >= 0.3 is 6.03 Å². The van der Waals surface area contributed by atoms with Gasteiger partial charge in [0.2, 0.25) is 11.8 Å². The first kappa shape index (κ1) is 42.0. The van der Waals surface area contributed by atoms with Crippen LogP contribution in [0, 0.1) is 17.5 Å². The highest BCUT2D eigenvalue weighted by molar-refractivity contribution is 6.34. The zero-order valence-electron chi connectivity index (χ0n) is 33.6. The number of hydrogen-bond donors (Lipinski definition) is 4. The van der Waals surface area contributed by atoms with Crippen molar-refractivity contribution in [3.63, 3.8) is 0 Å². The summed E-state index contributed by atoms with van der Waals surface area (Å²) < 4.78 is 61.5. The molecule has 0 radical (unpaired) electrons. The molecule has 0 saturated carbocycles. The number of primary amides is 1. The Kier molecular flexibility index (Phi) is 11.7. The summed E-state index contributed by atoms with van der Waals surface area (Å²) in [7, 11) is 1.73. The van der Waals surface area contributed by atoms with Crippen LogP contribution in [0.2, 0.25) is 5.02 Å². The van der Waals surface area contributed by atoms with Crippen molar-refractivity contribution in [1.82, 2.24) is 25.3 Å². The molecule has 8 rings (SSSR count). The van der Waals surface area contributed by atoms with Gasteiger partial charge < -0.3 is 30.5 Å². The number of hydrogen-bond acceptors (Lipinski definition) is 9. The van der Waals surface area contributed by atoms with Crippen molar-refractivity contribution in [2.45, 2.75) is 43.6 Å². The van der Waals surface area contributed by atoms with Gasteiger partial charge in [0.05, 0.1) is 22.7 Å². The molecule has 4 aromatic carbocycles. The second kappa shape index (κ2) is 17.0. The molecule has 2 fully saturated rings. The Bertz CT molecular complexity index is 2530. The van der Waals surface area contributed by atoms with E-state index in [1.807, 2.05) is 37.3 Å². The lowest BCUT2D eigenvalue weighted by atomic mass is 9.77. The summed E-state index contributed by atoms with van der Waals surface area (Å²) in [4.78, 5) is 40.8. The number of urea groups is 1. The number of anilines is 1. The minimum absolute atomic E-state index is 0.0754. The van der Waals surface area contributed by atoms with Gasteiger partial charge in [-0.05, 0) is 61.7 Å². The normalized spacial score (nSPS) is 19.6. The number of likely N-dealkylation sites (tertiary alicyclic amines) is 1. The summed E-state index contributed by atoms with van der Waals surface area (Å²) in [5.41, 5.74) is 6.30. The maximum Gasteiger partial charge on any atom is 0.329 e. The third-order valence-corrected chi connectivity index (χ3v) is 12.5. The summed E-state index contributed by atoms with van der Waals surface area (Å²) in [6.07, 6.45) is 1.51. The molecule has 13 nitrogen and oxygen atoms in total. The standard InChI is InChI=1S/C44H45ClF3N7O6/c1-24-34-32(22-30(47)38(45)37(34)36-27(41(49)58)9-11-31(39(36)48)60-21-20-56)61-44(24,26-6-4-3-5-7-26)23-50-15-19-54-16-12-25(13-17-54)35-29(46)10-8-28-40(35)53(2)52-42(28)55-18-14-33(57)51-43(55)59/h3-11,22,24-25,50,56H,12-21,23H2,1-2H3,(H2,49,58)(H,51,57,59)/t24-,44-/m0/s1. The second-order valence-electron chi connectivity index (χ2n) is 15.6. The number of carbonyl (C=O) groups excluding carboxylic acids is 3. The molecule has 17 heteroatoms. The topological polar surface area (TPSA) is 164 Å². The molecule has 320 valence electrons. The van der Waals surface area contributed by atoms with Gasteiger partial charge in [0, 0.05) is 79.3 Å². The number of piperidine rings is 1. The molecule has 2 saturated heterocycles. The quantitative estimate of drug-likeness (QED) is 0.103. The van der Waals surface area contributed by atoms with E-state index >= 15 is 13.2 Å². The smallest absolute Gasteiger partial charge is 0.329 e. The van der Waals surface area contributed by atoms with E-state index in [-0.39, 0.29) is 71.9 Å². The van der Waals surface area contributed by atoms with E-state index in [1.165, 1.54) is 29.2 Å². The third kappa shape index (κ3) is 7.55. The van der Waals surface area contributed by atoms with Gasteiger partial charge in [-0.15, -0.1) is 0 Å². The molecular weight excluding hydrogens is 815 g/mol. The zero-order valence-corrected chi connectivity index (χ0v) is 34.3. The van der Waals surface area contributed by atoms with E-state index < -0.39 is 46.7 Å². The largest absolute Gasteiger partial charge is 0.488 e. The van der Waals surface area contributed by atoms with E-state index in [9.17, 15) is 19.5 Å². The molecule has 1 aromatic heterocycles. The molecule has 4 amide bonds. The predicted octanol–water partition coefficient (Wildman–Crippen LogP) is 6.09. The van der Waals surface area contributed by atoms with Crippen molar-refractivity contribution in [2.24, 2.45) is 12.8 Å². The number of carbonyl (C=O) groups is 3. The minimum atomic E-state index is -1.13. The van der Waals surface area contributed by atoms with Crippen LogP contribution in [-0.2, 0) is 17.4 Å². The highest BCUT2D eigenvalue weighted by Gasteiger charge is 2.50. The number of ether oxygens (including phenoxy) is 2. The number of nitrogens with two attached hydrogens (primary N) is 1. The number of benzene rings is 4. The predicted molar refractivity (Wildman–Crippen MR) is 223 cm³/mol. The van der Waals surface area contributed by atoms with E-state index in [0.29, 0.717) is 66.9 Å². The van der Waals surface area contributed by atoms with Crippen LogP contribution in [0.3, 0.4) is 0 Å². The number of halogens is 4. The lowest BCUT2D eigenvalue weighted by Crippen LogP contribution is -2.49. The zero-order chi connectivity index (χ0) is 43.2. The molecule has 2 atom stereocenters. The van der Waals surface area contributed by atoms with Gasteiger partial charge in [0.25, 0.3) is 0 Å². The van der Waals surface area contributed by atoms with Gasteiger partial charge in [-0.25, -0.2) is 18.0 Å². The molecule has 4 heterocycles. The number of aliphatic hydroxyl groups is 1. The Balaban J connectivity index is 1.00. The van der Waals surface area contributed by atoms with Gasteiger partial charge in [-0.1, -0.05) is 48.9 Å². The van der Waals surface area contributed by atoms with E-state index in [4.69, 9.17) is 26.8 Å². The summed E-state index contributed by atoms with van der Waals surface area (Å²) in [5, 5.41) is 20.0. The van der Waals surface area contributed by atoms with Gasteiger partial charge in [0.1, 0.15) is 24.0 Å². The van der Waals surface area contributed by atoms with Crippen LogP contribution in [0.5, 0.6) is 11.5 Å². The fourth-order valence-corrected chi connectivity index (χ4v) is 9.41. The first-order valence-electron chi connectivity index (χ1n) is 20.2. The van der Waals surface area contributed by atoms with Crippen molar-refractivity contribution in [3.8, 4) is 22.6 Å². The number of rotatable bonds is 13. The number of amides is 4. The van der Waals surface area contributed by atoms with Crippen LogP contribution in [0.1, 0.15) is 65.1 Å². The van der Waals surface area contributed by atoms with Crippen LogP contribution in [0.25, 0.3) is 22.0 Å². The lowest BCUT2D eigenvalue weighted by Gasteiger charge is -2.35. The fourth-order valence-electron chi connectivity index (χ4n) is 9.16. The highest BCUT2D eigenvalue weighted by atomic mass is 35.5. The first-order chi connectivity index (χ1) is 29.3. The molecule has 3 aliphatic rings. The average molecular weight is 860 g/mol. The summed E-state index contributed by atoms with van der Waals surface area (Å²) in [6, 6.07) is 15.6. The monoisotopic (exact) mass is 859 g/mol. The van der Waals surface area contributed by atoms with Crippen molar-refractivity contribution in [1.29, 1.82) is 0 Å². The number of nitrogens with one attached hydrogen (secondary N) is 2. The van der Waals surface area contributed by atoms with Crippen molar-refractivity contribution in [2.75, 3.05) is 57.4 Å². The molecule has 0 aliphatic carbocycles. The van der Waals surface area contributed by atoms with Crippen LogP contribution < -0.4 is 30.7 Å². The van der Waals surface area contributed by atoms with E-state index in [0.717, 1.165) is 5.56 Å². The minimum Gasteiger partial charge on any atom is -0.488 e. The molecule has 3 aliphatic heterocycles. The van der Waals surface area contributed by atoms with Gasteiger partial charge in [-0.3, -0.25) is 24.5 Å². The molecule has 5 aromatic rings. The Hall–Kier alpha value is -5.68. The highest BCUT2D eigenvalue weighted by Crippen LogP contribution is 2.56. The molecule has 5 N–H and O–H groups in total. The van der Waals surface area contributed by atoms with Crippen molar-refractivity contribution < 1.29 is 42.1 Å².